The number of benzene rings is 1. The molecule has 0 spiro atoms. The first-order valence-corrected chi connectivity index (χ1v) is 6.08. The van der Waals surface area contributed by atoms with E-state index < -0.39 is 0 Å². The molecule has 1 fully saturated rings. The number of halogens is 1. The quantitative estimate of drug-likeness (QED) is 0.826. The zero-order valence-electron chi connectivity index (χ0n) is 10.3. The van der Waals surface area contributed by atoms with Gasteiger partial charge in [0, 0.05) is 32.0 Å². The van der Waals surface area contributed by atoms with Crippen LogP contribution in [0.15, 0.2) is 30.3 Å². The molecule has 1 aromatic carbocycles. The molecule has 1 aliphatic heterocycles. The average molecular weight is 254 g/mol. The monoisotopic (exact) mass is 253 g/mol. The van der Waals surface area contributed by atoms with E-state index in [1.807, 2.05) is 6.07 Å². The van der Waals surface area contributed by atoms with Crippen molar-refractivity contribution in [3.63, 3.8) is 0 Å². The molecule has 0 aliphatic carbocycles. The van der Waals surface area contributed by atoms with E-state index >= 15 is 0 Å². The number of rotatable bonds is 3. The standard InChI is InChI=1S/C14H19NO.ClH/c1-2-13-11-15(9-8-14(13)16)10-12-6-4-3-5-7-12;/h3-7,13H,2,8-11H2,1H3;1H. The first-order chi connectivity index (χ1) is 7.79. The second-order valence-electron chi connectivity index (χ2n) is 4.54. The minimum absolute atomic E-state index is 0. The van der Waals surface area contributed by atoms with Gasteiger partial charge in [0.05, 0.1) is 0 Å². The molecular formula is C14H20ClNO. The van der Waals surface area contributed by atoms with Crippen molar-refractivity contribution < 1.29 is 4.79 Å². The fraction of sp³-hybridized carbons (Fsp3) is 0.500. The van der Waals surface area contributed by atoms with Crippen LogP contribution in [0.4, 0.5) is 0 Å². The summed E-state index contributed by atoms with van der Waals surface area (Å²) in [5.74, 6) is 0.712. The smallest absolute Gasteiger partial charge is 0.138 e. The third-order valence-corrected chi connectivity index (χ3v) is 3.35. The maximum atomic E-state index is 11.6. The average Bonchev–Trinajstić information content (AvgIpc) is 2.33. The zero-order chi connectivity index (χ0) is 11.4. The Morgan fingerprint density at radius 2 is 2.00 bits per heavy atom. The number of hydrogen-bond donors (Lipinski definition) is 0. The topological polar surface area (TPSA) is 20.3 Å². The summed E-state index contributed by atoms with van der Waals surface area (Å²) in [4.78, 5) is 14.0. The summed E-state index contributed by atoms with van der Waals surface area (Å²) in [7, 11) is 0. The predicted octanol–water partition coefficient (Wildman–Crippen LogP) is 2.91. The first kappa shape index (κ1) is 14.2. The summed E-state index contributed by atoms with van der Waals surface area (Å²) >= 11 is 0. The lowest BCUT2D eigenvalue weighted by Gasteiger charge is -2.31. The molecule has 3 heteroatoms. The van der Waals surface area contributed by atoms with Crippen molar-refractivity contribution in [2.45, 2.75) is 26.3 Å². The summed E-state index contributed by atoms with van der Waals surface area (Å²) in [6.45, 7) is 4.94. The van der Waals surface area contributed by atoms with Gasteiger partial charge in [0.1, 0.15) is 5.78 Å². The van der Waals surface area contributed by atoms with Gasteiger partial charge in [-0.15, -0.1) is 12.4 Å². The molecule has 17 heavy (non-hydrogen) atoms. The summed E-state index contributed by atoms with van der Waals surface area (Å²) in [5, 5.41) is 0. The van der Waals surface area contributed by atoms with Gasteiger partial charge in [-0.05, 0) is 12.0 Å². The van der Waals surface area contributed by atoms with Crippen molar-refractivity contribution in [3.05, 3.63) is 35.9 Å². The zero-order valence-corrected chi connectivity index (χ0v) is 11.1. The van der Waals surface area contributed by atoms with Gasteiger partial charge in [0.25, 0.3) is 0 Å². The molecular weight excluding hydrogens is 234 g/mol. The number of Topliss-reactive ketones (excluding diaryl/α,β-unsaturated/α-hetero) is 1. The van der Waals surface area contributed by atoms with Crippen LogP contribution in [0.3, 0.4) is 0 Å². The van der Waals surface area contributed by atoms with E-state index in [2.05, 4.69) is 36.1 Å². The Labute approximate surface area is 109 Å². The predicted molar refractivity (Wildman–Crippen MR) is 72.4 cm³/mol. The van der Waals surface area contributed by atoms with E-state index in [1.54, 1.807) is 0 Å². The van der Waals surface area contributed by atoms with Gasteiger partial charge >= 0.3 is 0 Å². The maximum Gasteiger partial charge on any atom is 0.138 e. The van der Waals surface area contributed by atoms with Gasteiger partial charge in [-0.25, -0.2) is 0 Å². The third kappa shape index (κ3) is 3.83. The summed E-state index contributed by atoms with van der Waals surface area (Å²) < 4.78 is 0. The Kier molecular flexibility index (Phi) is 5.66. The third-order valence-electron chi connectivity index (χ3n) is 3.35. The number of ketones is 1. The van der Waals surface area contributed by atoms with E-state index in [0.29, 0.717) is 5.78 Å². The molecule has 2 rings (SSSR count). The lowest BCUT2D eigenvalue weighted by atomic mass is 9.94. The molecule has 1 atom stereocenters. The Morgan fingerprint density at radius 1 is 1.29 bits per heavy atom. The van der Waals surface area contributed by atoms with Crippen LogP contribution in [0.5, 0.6) is 0 Å². The second kappa shape index (κ2) is 6.77. The van der Waals surface area contributed by atoms with Crippen LogP contribution in [0.25, 0.3) is 0 Å². The van der Waals surface area contributed by atoms with E-state index in [4.69, 9.17) is 0 Å². The lowest BCUT2D eigenvalue weighted by molar-refractivity contribution is -0.126. The highest BCUT2D eigenvalue weighted by Crippen LogP contribution is 2.17. The number of carbonyl (C=O) groups is 1. The lowest BCUT2D eigenvalue weighted by Crippen LogP contribution is -2.40. The van der Waals surface area contributed by atoms with Gasteiger partial charge in [-0.1, -0.05) is 37.3 Å². The molecule has 1 unspecified atom stereocenters. The molecule has 0 saturated carbocycles. The van der Waals surface area contributed by atoms with Crippen LogP contribution >= 0.6 is 12.4 Å². The van der Waals surface area contributed by atoms with Crippen LogP contribution in [0.1, 0.15) is 25.3 Å². The van der Waals surface area contributed by atoms with Gasteiger partial charge in [0.2, 0.25) is 0 Å². The second-order valence-corrected chi connectivity index (χ2v) is 4.54. The van der Waals surface area contributed by atoms with Crippen LogP contribution in [0, 0.1) is 5.92 Å². The van der Waals surface area contributed by atoms with Crippen LogP contribution in [0.2, 0.25) is 0 Å². The Morgan fingerprint density at radius 3 is 2.65 bits per heavy atom. The van der Waals surface area contributed by atoms with Crippen molar-refractivity contribution in [2.24, 2.45) is 5.92 Å². The molecule has 1 aliphatic rings. The van der Waals surface area contributed by atoms with Gasteiger partial charge in [-0.3, -0.25) is 9.69 Å². The number of piperidine rings is 1. The molecule has 1 saturated heterocycles. The minimum atomic E-state index is 0. The molecule has 1 heterocycles. The molecule has 0 N–H and O–H groups in total. The van der Waals surface area contributed by atoms with Gasteiger partial charge < -0.3 is 0 Å². The first-order valence-electron chi connectivity index (χ1n) is 6.08. The SMILES string of the molecule is CCC1CN(Cc2ccccc2)CCC1=O.Cl. The highest BCUT2D eigenvalue weighted by atomic mass is 35.5. The van der Waals surface area contributed by atoms with Crippen LogP contribution < -0.4 is 0 Å². The van der Waals surface area contributed by atoms with E-state index in [-0.39, 0.29) is 18.3 Å². The summed E-state index contributed by atoms with van der Waals surface area (Å²) in [5.41, 5.74) is 1.34. The fourth-order valence-electron chi connectivity index (χ4n) is 2.32. The van der Waals surface area contributed by atoms with E-state index in [0.717, 1.165) is 32.5 Å². The Bertz CT molecular complexity index is 352. The number of nitrogens with zero attached hydrogens (tertiary/aromatic N) is 1. The fourth-order valence-corrected chi connectivity index (χ4v) is 2.32. The molecule has 94 valence electrons. The largest absolute Gasteiger partial charge is 0.299 e. The van der Waals surface area contributed by atoms with Crippen molar-refractivity contribution in [2.75, 3.05) is 13.1 Å². The maximum absolute atomic E-state index is 11.6. The van der Waals surface area contributed by atoms with Gasteiger partial charge in [0.15, 0.2) is 0 Å². The number of likely N-dealkylation sites (tertiary alicyclic amines) is 1. The van der Waals surface area contributed by atoms with Crippen molar-refractivity contribution in [3.8, 4) is 0 Å². The van der Waals surface area contributed by atoms with Crippen LogP contribution in [-0.2, 0) is 11.3 Å². The normalized spacial score (nSPS) is 21.0. The van der Waals surface area contributed by atoms with Crippen molar-refractivity contribution >= 4 is 18.2 Å². The number of hydrogen-bond acceptors (Lipinski definition) is 2. The molecule has 0 bridgehead atoms. The van der Waals surface area contributed by atoms with E-state index in [1.165, 1.54) is 5.56 Å². The summed E-state index contributed by atoms with van der Waals surface area (Å²) in [6, 6.07) is 10.5. The molecule has 0 aromatic heterocycles. The summed E-state index contributed by atoms with van der Waals surface area (Å²) in [6.07, 6.45) is 1.70. The number of carbonyl (C=O) groups excluding carboxylic acids is 1. The van der Waals surface area contributed by atoms with Crippen molar-refractivity contribution in [1.82, 2.24) is 4.90 Å². The molecule has 0 amide bonds. The molecule has 2 nitrogen and oxygen atoms in total. The highest BCUT2D eigenvalue weighted by molar-refractivity contribution is 5.85. The Balaban J connectivity index is 0.00000144. The Hall–Kier alpha value is -0.860. The molecule has 1 aromatic rings. The molecule has 0 radical (unpaired) electrons. The van der Waals surface area contributed by atoms with Crippen molar-refractivity contribution in [1.29, 1.82) is 0 Å². The van der Waals surface area contributed by atoms with Gasteiger partial charge in [-0.2, -0.15) is 0 Å². The highest BCUT2D eigenvalue weighted by Gasteiger charge is 2.25. The minimum Gasteiger partial charge on any atom is -0.299 e. The van der Waals surface area contributed by atoms with Crippen LogP contribution in [-0.4, -0.2) is 23.8 Å². The van der Waals surface area contributed by atoms with E-state index in [9.17, 15) is 4.79 Å².